The third-order valence-electron chi connectivity index (χ3n) is 8.81. The van der Waals surface area contributed by atoms with Gasteiger partial charge in [0.1, 0.15) is 27.4 Å². The molecule has 0 bridgehead atoms. The lowest BCUT2D eigenvalue weighted by molar-refractivity contribution is -0.137. The van der Waals surface area contributed by atoms with Gasteiger partial charge < -0.3 is 10.1 Å². The van der Waals surface area contributed by atoms with Crippen LogP contribution < -0.4 is 14.8 Å². The largest absolute Gasteiger partial charge is 0.438 e. The van der Waals surface area contributed by atoms with Gasteiger partial charge in [-0.15, -0.1) is 4.40 Å². The number of fused-ring (bicyclic) bond motifs is 2. The molecular formula is C35H30ClF3N4O7S2. The van der Waals surface area contributed by atoms with E-state index in [-0.39, 0.29) is 38.6 Å². The Labute approximate surface area is 302 Å². The zero-order chi connectivity index (χ0) is 37.6. The molecule has 0 radical (unpaired) electrons. The van der Waals surface area contributed by atoms with Crippen molar-refractivity contribution in [2.45, 2.75) is 60.9 Å². The number of ether oxygens (including phenoxy) is 1. The number of benzene rings is 3. The molecular weight excluding hydrogens is 745 g/mol. The predicted octanol–water partition coefficient (Wildman–Crippen LogP) is 7.78. The lowest BCUT2D eigenvalue weighted by Gasteiger charge is -2.41. The lowest BCUT2D eigenvalue weighted by atomic mass is 9.60. The van der Waals surface area contributed by atoms with Gasteiger partial charge in [-0.1, -0.05) is 62.6 Å². The number of rotatable bonds is 10. The van der Waals surface area contributed by atoms with Crippen molar-refractivity contribution in [3.05, 3.63) is 101 Å². The van der Waals surface area contributed by atoms with Crippen LogP contribution in [-0.4, -0.2) is 39.2 Å². The predicted molar refractivity (Wildman–Crippen MR) is 187 cm³/mol. The van der Waals surface area contributed by atoms with Crippen molar-refractivity contribution in [3.63, 3.8) is 0 Å². The van der Waals surface area contributed by atoms with Crippen molar-refractivity contribution in [3.8, 4) is 11.6 Å². The Morgan fingerprint density at radius 1 is 0.981 bits per heavy atom. The summed E-state index contributed by atoms with van der Waals surface area (Å²) >= 11 is 5.88. The van der Waals surface area contributed by atoms with Crippen LogP contribution >= 0.6 is 11.6 Å². The highest BCUT2D eigenvalue weighted by molar-refractivity contribution is 7.92. The Morgan fingerprint density at radius 2 is 1.65 bits per heavy atom. The number of nitrogens with one attached hydrogen (secondary N) is 2. The summed E-state index contributed by atoms with van der Waals surface area (Å²) in [5.74, 6) is -3.12. The van der Waals surface area contributed by atoms with Crippen LogP contribution in [0.2, 0.25) is 5.02 Å². The number of sulfonamides is 2. The standard InChI is InChI=1S/C35H30ClF3N4O7S2/c1-3-15-34(16-4-2)25-8-6-5-7-24(25)30(44)29(31(34)45)32-41-27-14-9-21(18-28(27)52(48,49)43-32)42-51(46,47)23-12-10-22(11-13-23)50-33-26(36)17-20(19-40-33)35(37,38)39/h5-14,17-19,29,42H,3-4,15-16H2,1-2H3,(H,41,43). The highest BCUT2D eigenvalue weighted by Gasteiger charge is 2.53. The normalized spacial score (nSPS) is 17.7. The number of anilines is 2. The van der Waals surface area contributed by atoms with Crippen molar-refractivity contribution in [1.82, 2.24) is 4.98 Å². The van der Waals surface area contributed by atoms with Crippen LogP contribution in [-0.2, 0) is 36.4 Å². The van der Waals surface area contributed by atoms with E-state index < -0.39 is 59.7 Å². The molecule has 0 saturated heterocycles. The van der Waals surface area contributed by atoms with E-state index in [0.29, 0.717) is 49.1 Å². The number of carbonyl (C=O) groups excluding carboxylic acids is 2. The highest BCUT2D eigenvalue weighted by atomic mass is 35.5. The zero-order valence-electron chi connectivity index (χ0n) is 27.5. The maximum atomic E-state index is 14.3. The number of aromatic nitrogens is 1. The fourth-order valence-corrected chi connectivity index (χ4v) is 9.01. The number of hydrogen-bond donors (Lipinski definition) is 2. The molecule has 52 heavy (non-hydrogen) atoms. The van der Waals surface area contributed by atoms with Crippen LogP contribution in [0.1, 0.15) is 61.0 Å². The Kier molecular flexibility index (Phi) is 9.70. The van der Waals surface area contributed by atoms with E-state index in [1.807, 2.05) is 13.8 Å². The molecule has 1 aliphatic heterocycles. The molecule has 1 aromatic heterocycles. The number of halogens is 4. The summed E-state index contributed by atoms with van der Waals surface area (Å²) in [6, 6.07) is 15.9. The first kappa shape index (κ1) is 37.0. The molecule has 3 aromatic carbocycles. The molecule has 2 N–H and O–H groups in total. The van der Waals surface area contributed by atoms with E-state index >= 15 is 0 Å². The summed E-state index contributed by atoms with van der Waals surface area (Å²) < 4.78 is 104. The number of carbonyl (C=O) groups is 2. The average molecular weight is 775 g/mol. The first-order valence-electron chi connectivity index (χ1n) is 16.0. The fraction of sp³-hybridized carbons (Fsp3) is 0.257. The van der Waals surface area contributed by atoms with E-state index in [2.05, 4.69) is 19.4 Å². The minimum atomic E-state index is -4.66. The summed E-state index contributed by atoms with van der Waals surface area (Å²) in [5, 5.41) is 2.45. The van der Waals surface area contributed by atoms with Crippen molar-refractivity contribution >= 4 is 60.4 Å². The Morgan fingerprint density at radius 3 is 2.29 bits per heavy atom. The van der Waals surface area contributed by atoms with Gasteiger partial charge in [0.25, 0.3) is 20.0 Å². The third-order valence-corrected chi connectivity index (χ3v) is 11.8. The van der Waals surface area contributed by atoms with Gasteiger partial charge in [-0.25, -0.2) is 13.4 Å². The lowest BCUT2D eigenvalue weighted by Crippen LogP contribution is -2.52. The van der Waals surface area contributed by atoms with E-state index in [0.717, 1.165) is 18.2 Å². The van der Waals surface area contributed by atoms with E-state index in [1.165, 1.54) is 24.3 Å². The molecule has 4 aromatic rings. The maximum Gasteiger partial charge on any atom is 0.417 e. The number of pyridine rings is 1. The van der Waals surface area contributed by atoms with Gasteiger partial charge in [0, 0.05) is 11.8 Å². The Balaban J connectivity index is 1.24. The van der Waals surface area contributed by atoms with Gasteiger partial charge in [-0.3, -0.25) is 14.3 Å². The molecule has 11 nitrogen and oxygen atoms in total. The molecule has 6 rings (SSSR count). The molecule has 2 heterocycles. The number of amidine groups is 1. The molecule has 1 atom stereocenters. The minimum Gasteiger partial charge on any atom is -0.438 e. The first-order valence-corrected chi connectivity index (χ1v) is 19.3. The highest BCUT2D eigenvalue weighted by Crippen LogP contribution is 2.45. The van der Waals surface area contributed by atoms with Gasteiger partial charge in [0.15, 0.2) is 11.6 Å². The van der Waals surface area contributed by atoms with E-state index in [1.54, 1.807) is 24.3 Å². The van der Waals surface area contributed by atoms with Crippen LogP contribution in [0.15, 0.2) is 93.2 Å². The second-order valence-electron chi connectivity index (χ2n) is 12.3. The van der Waals surface area contributed by atoms with Crippen molar-refractivity contribution in [2.24, 2.45) is 10.3 Å². The molecule has 0 saturated carbocycles. The van der Waals surface area contributed by atoms with Gasteiger partial charge >= 0.3 is 6.18 Å². The second kappa shape index (κ2) is 13.6. The molecule has 17 heteroatoms. The van der Waals surface area contributed by atoms with E-state index in [9.17, 15) is 39.6 Å². The van der Waals surface area contributed by atoms with Gasteiger partial charge in [0.05, 0.1) is 27.2 Å². The molecule has 0 fully saturated rings. The molecule has 272 valence electrons. The summed E-state index contributed by atoms with van der Waals surface area (Å²) in [6.45, 7) is 3.87. The molecule has 1 aliphatic carbocycles. The van der Waals surface area contributed by atoms with Crippen molar-refractivity contribution in [2.75, 3.05) is 10.0 Å². The summed E-state index contributed by atoms with van der Waals surface area (Å²) in [6.07, 6.45) is -1.90. The molecule has 2 aliphatic rings. The van der Waals surface area contributed by atoms with Crippen LogP contribution in [0.5, 0.6) is 11.6 Å². The van der Waals surface area contributed by atoms with Gasteiger partial charge in [0.2, 0.25) is 5.88 Å². The van der Waals surface area contributed by atoms with Gasteiger partial charge in [-0.2, -0.15) is 21.6 Å². The Bertz CT molecular complexity index is 2340. The topological polar surface area (TPSA) is 161 Å². The third kappa shape index (κ3) is 6.77. The van der Waals surface area contributed by atoms with E-state index in [4.69, 9.17) is 16.3 Å². The molecule has 1 unspecified atom stereocenters. The summed E-state index contributed by atoms with van der Waals surface area (Å²) in [5.41, 5.74) is -1.24. The number of alkyl halides is 3. The SMILES string of the molecule is CCCC1(CCC)C(=O)C(C2=NS(=O)(=O)c3cc(NS(=O)(=O)c4ccc(Oc5ncc(C(F)(F)F)cc5Cl)cc4)ccc3N2)C(=O)c2ccccc21. The van der Waals surface area contributed by atoms with Crippen LogP contribution in [0.25, 0.3) is 0 Å². The molecule has 0 spiro atoms. The van der Waals surface area contributed by atoms with Crippen LogP contribution in [0, 0.1) is 5.92 Å². The maximum absolute atomic E-state index is 14.3. The van der Waals surface area contributed by atoms with Crippen molar-refractivity contribution < 1.29 is 44.3 Å². The quantitative estimate of drug-likeness (QED) is 0.153. The van der Waals surface area contributed by atoms with Gasteiger partial charge in [-0.05, 0) is 66.9 Å². The average Bonchev–Trinajstić information content (AvgIpc) is 3.08. The summed E-state index contributed by atoms with van der Waals surface area (Å²) in [7, 11) is -8.83. The van der Waals surface area contributed by atoms with Crippen LogP contribution in [0.3, 0.4) is 0 Å². The number of Topliss-reactive ketones (excluding diaryl/α,β-unsaturated/α-hetero) is 2. The summed E-state index contributed by atoms with van der Waals surface area (Å²) in [4.78, 5) is 31.0. The smallest absolute Gasteiger partial charge is 0.417 e. The molecule has 0 amide bonds. The Hall–Kier alpha value is -4.80. The zero-order valence-corrected chi connectivity index (χ0v) is 29.9. The first-order chi connectivity index (χ1) is 24.5. The van der Waals surface area contributed by atoms with Crippen LogP contribution in [0.4, 0.5) is 24.5 Å². The second-order valence-corrected chi connectivity index (χ2v) is 15.9. The van der Waals surface area contributed by atoms with Crippen molar-refractivity contribution in [1.29, 1.82) is 0 Å². The number of ketones is 2. The minimum absolute atomic E-state index is 0.000952. The fourth-order valence-electron chi connectivity index (χ4n) is 6.58. The number of hydrogen-bond acceptors (Lipinski definition) is 9. The number of nitrogens with zero attached hydrogens (tertiary/aromatic N) is 2. The monoisotopic (exact) mass is 774 g/mol.